The standard InChI is InChI=1S/C15H15FN6O2/c1-22(2)7-9-5-8(3-4-10(9)16)14-18-15(24-21-14)12-6-11(13(17)23)19-20-12/h3-6H,7H2,1-2H3,(H2,17,23)(H,19,20). The molecule has 0 spiro atoms. The zero-order valence-electron chi connectivity index (χ0n) is 13.1. The summed E-state index contributed by atoms with van der Waals surface area (Å²) in [5.41, 5.74) is 6.74. The predicted octanol–water partition coefficient (Wildman–Crippen LogP) is 1.43. The van der Waals surface area contributed by atoms with E-state index in [-0.39, 0.29) is 17.4 Å². The summed E-state index contributed by atoms with van der Waals surface area (Å²) in [6.07, 6.45) is 0. The molecule has 0 atom stereocenters. The number of H-pyrrole nitrogens is 1. The maximum atomic E-state index is 13.8. The third kappa shape index (κ3) is 3.15. The number of nitrogens with one attached hydrogen (secondary N) is 1. The lowest BCUT2D eigenvalue weighted by Gasteiger charge is -2.10. The minimum Gasteiger partial charge on any atom is -0.364 e. The molecule has 0 fully saturated rings. The molecule has 3 N–H and O–H groups in total. The second kappa shape index (κ2) is 6.20. The number of aromatic nitrogens is 4. The number of rotatable bonds is 5. The number of aromatic amines is 1. The monoisotopic (exact) mass is 330 g/mol. The maximum absolute atomic E-state index is 13.8. The number of nitrogens with two attached hydrogens (primary N) is 1. The molecule has 0 aliphatic heterocycles. The summed E-state index contributed by atoms with van der Waals surface area (Å²) >= 11 is 0. The van der Waals surface area contributed by atoms with Crippen LogP contribution in [0, 0.1) is 5.82 Å². The summed E-state index contributed by atoms with van der Waals surface area (Å²) in [7, 11) is 3.71. The number of carbonyl (C=O) groups excluding carboxylic acids is 1. The average molecular weight is 330 g/mol. The third-order valence-corrected chi connectivity index (χ3v) is 3.28. The van der Waals surface area contributed by atoms with Crippen LogP contribution in [0.1, 0.15) is 16.1 Å². The fourth-order valence-corrected chi connectivity index (χ4v) is 2.18. The summed E-state index contributed by atoms with van der Waals surface area (Å²) in [5, 5.41) is 10.2. The van der Waals surface area contributed by atoms with Gasteiger partial charge in [0.2, 0.25) is 5.82 Å². The molecule has 0 aliphatic carbocycles. The summed E-state index contributed by atoms with van der Waals surface area (Å²) in [6, 6.07) is 6.03. The first-order chi connectivity index (χ1) is 11.4. The van der Waals surface area contributed by atoms with Crippen molar-refractivity contribution in [2.45, 2.75) is 6.54 Å². The van der Waals surface area contributed by atoms with E-state index in [1.54, 1.807) is 12.1 Å². The molecule has 124 valence electrons. The van der Waals surface area contributed by atoms with Crippen LogP contribution in [0.15, 0.2) is 28.8 Å². The molecule has 0 saturated carbocycles. The van der Waals surface area contributed by atoms with E-state index in [1.807, 2.05) is 19.0 Å². The topological polar surface area (TPSA) is 114 Å². The van der Waals surface area contributed by atoms with E-state index >= 15 is 0 Å². The predicted molar refractivity (Wildman–Crippen MR) is 83.2 cm³/mol. The van der Waals surface area contributed by atoms with Crippen molar-refractivity contribution in [1.82, 2.24) is 25.2 Å². The van der Waals surface area contributed by atoms with Crippen LogP contribution in [0.2, 0.25) is 0 Å². The van der Waals surface area contributed by atoms with Crippen molar-refractivity contribution in [3.8, 4) is 23.0 Å². The first-order valence-electron chi connectivity index (χ1n) is 7.07. The molecule has 0 radical (unpaired) electrons. The van der Waals surface area contributed by atoms with Gasteiger partial charge in [-0.05, 0) is 32.3 Å². The van der Waals surface area contributed by atoms with Gasteiger partial charge in [0.25, 0.3) is 11.8 Å². The first-order valence-corrected chi connectivity index (χ1v) is 7.07. The molecule has 1 aromatic carbocycles. The molecule has 0 saturated heterocycles. The van der Waals surface area contributed by atoms with E-state index in [0.29, 0.717) is 29.2 Å². The Morgan fingerprint density at radius 1 is 1.38 bits per heavy atom. The van der Waals surface area contributed by atoms with E-state index in [0.717, 1.165) is 0 Å². The number of carbonyl (C=O) groups is 1. The number of benzene rings is 1. The minimum atomic E-state index is -0.663. The molecule has 8 nitrogen and oxygen atoms in total. The van der Waals surface area contributed by atoms with Gasteiger partial charge in [-0.25, -0.2) is 4.39 Å². The van der Waals surface area contributed by atoms with Crippen molar-refractivity contribution in [1.29, 1.82) is 0 Å². The zero-order chi connectivity index (χ0) is 17.3. The molecule has 1 amide bonds. The molecule has 0 bridgehead atoms. The molecule has 9 heteroatoms. The third-order valence-electron chi connectivity index (χ3n) is 3.28. The van der Waals surface area contributed by atoms with E-state index in [4.69, 9.17) is 10.3 Å². The minimum absolute atomic E-state index is 0.0693. The van der Waals surface area contributed by atoms with Gasteiger partial charge in [-0.15, -0.1) is 0 Å². The number of nitrogens with zero attached hydrogens (tertiary/aromatic N) is 4. The highest BCUT2D eigenvalue weighted by atomic mass is 19.1. The lowest BCUT2D eigenvalue weighted by Crippen LogP contribution is -2.12. The van der Waals surface area contributed by atoms with Crippen molar-refractivity contribution in [3.63, 3.8) is 0 Å². The number of amides is 1. The van der Waals surface area contributed by atoms with Gasteiger partial charge in [0, 0.05) is 23.7 Å². The van der Waals surface area contributed by atoms with Gasteiger partial charge in [-0.1, -0.05) is 5.16 Å². The Bertz CT molecular complexity index is 886. The lowest BCUT2D eigenvalue weighted by molar-refractivity contribution is 0.0995. The van der Waals surface area contributed by atoms with Crippen LogP contribution in [0.4, 0.5) is 4.39 Å². The first kappa shape index (κ1) is 15.8. The van der Waals surface area contributed by atoms with Crippen LogP contribution in [-0.4, -0.2) is 45.2 Å². The molecule has 2 heterocycles. The largest absolute Gasteiger partial charge is 0.364 e. The molecule has 0 aliphatic rings. The molecule has 3 rings (SSSR count). The van der Waals surface area contributed by atoms with Gasteiger partial charge in [0.15, 0.2) is 5.69 Å². The van der Waals surface area contributed by atoms with Crippen LogP contribution in [0.3, 0.4) is 0 Å². The quantitative estimate of drug-likeness (QED) is 0.731. The molecule has 3 aromatic rings. The molecule has 24 heavy (non-hydrogen) atoms. The molecular weight excluding hydrogens is 315 g/mol. The molecule has 0 unspecified atom stereocenters. The SMILES string of the molecule is CN(C)Cc1cc(-c2noc(-c3cc(C(N)=O)n[nH]3)n2)ccc1F. The van der Waals surface area contributed by atoms with Crippen LogP contribution in [-0.2, 0) is 6.54 Å². The highest BCUT2D eigenvalue weighted by Gasteiger charge is 2.16. The van der Waals surface area contributed by atoms with Gasteiger partial charge >= 0.3 is 0 Å². The van der Waals surface area contributed by atoms with Crippen molar-refractivity contribution in [3.05, 3.63) is 41.3 Å². The summed E-state index contributed by atoms with van der Waals surface area (Å²) in [4.78, 5) is 17.2. The van der Waals surface area contributed by atoms with Crippen LogP contribution in [0.5, 0.6) is 0 Å². The Morgan fingerprint density at radius 2 is 2.17 bits per heavy atom. The van der Waals surface area contributed by atoms with Crippen LogP contribution >= 0.6 is 0 Å². The number of hydrogen-bond donors (Lipinski definition) is 2. The summed E-state index contributed by atoms with van der Waals surface area (Å²) in [5.74, 6) is -0.497. The zero-order valence-corrected chi connectivity index (χ0v) is 13.1. The van der Waals surface area contributed by atoms with Gasteiger partial charge in [0.1, 0.15) is 11.5 Å². The Balaban J connectivity index is 1.91. The van der Waals surface area contributed by atoms with Gasteiger partial charge in [-0.2, -0.15) is 10.1 Å². The summed E-state index contributed by atoms with van der Waals surface area (Å²) in [6.45, 7) is 0.451. The van der Waals surface area contributed by atoms with E-state index in [2.05, 4.69) is 20.3 Å². The fraction of sp³-hybridized carbons (Fsp3) is 0.200. The Labute approximate surface area is 136 Å². The van der Waals surface area contributed by atoms with Crippen molar-refractivity contribution in [2.24, 2.45) is 5.73 Å². The van der Waals surface area contributed by atoms with Crippen LogP contribution in [0.25, 0.3) is 23.0 Å². The average Bonchev–Trinajstić information content (AvgIpc) is 3.17. The Kier molecular flexibility index (Phi) is 4.09. The second-order valence-corrected chi connectivity index (χ2v) is 5.50. The van der Waals surface area contributed by atoms with Gasteiger partial charge < -0.3 is 15.2 Å². The molecule has 2 aromatic heterocycles. The number of hydrogen-bond acceptors (Lipinski definition) is 6. The van der Waals surface area contributed by atoms with Crippen molar-refractivity contribution >= 4 is 5.91 Å². The van der Waals surface area contributed by atoms with E-state index in [1.165, 1.54) is 12.1 Å². The summed E-state index contributed by atoms with van der Waals surface area (Å²) < 4.78 is 19.0. The highest BCUT2D eigenvalue weighted by molar-refractivity contribution is 5.91. The molecular formula is C15H15FN6O2. The van der Waals surface area contributed by atoms with Gasteiger partial charge in [0.05, 0.1) is 0 Å². The van der Waals surface area contributed by atoms with Crippen molar-refractivity contribution < 1.29 is 13.7 Å². The van der Waals surface area contributed by atoms with Crippen molar-refractivity contribution in [2.75, 3.05) is 14.1 Å². The number of halogens is 1. The highest BCUT2D eigenvalue weighted by Crippen LogP contribution is 2.23. The number of primary amides is 1. The maximum Gasteiger partial charge on any atom is 0.276 e. The second-order valence-electron chi connectivity index (χ2n) is 5.50. The lowest BCUT2D eigenvalue weighted by atomic mass is 10.1. The van der Waals surface area contributed by atoms with Crippen LogP contribution < -0.4 is 5.73 Å². The normalized spacial score (nSPS) is 11.2. The van der Waals surface area contributed by atoms with E-state index in [9.17, 15) is 9.18 Å². The van der Waals surface area contributed by atoms with E-state index < -0.39 is 5.91 Å². The Hall–Kier alpha value is -3.07. The fourth-order valence-electron chi connectivity index (χ4n) is 2.18. The smallest absolute Gasteiger partial charge is 0.276 e. The van der Waals surface area contributed by atoms with Gasteiger partial charge in [-0.3, -0.25) is 9.89 Å². The Morgan fingerprint density at radius 3 is 2.83 bits per heavy atom.